The molecule has 0 heterocycles. The third kappa shape index (κ3) is 4.97. The number of rotatable bonds is 4. The lowest BCUT2D eigenvalue weighted by molar-refractivity contribution is -0.112. The smallest absolute Gasteiger partial charge is 0.266 e. The second kappa shape index (κ2) is 9.18. The van der Waals surface area contributed by atoms with Crippen LogP contribution in [0.5, 0.6) is 5.75 Å². The van der Waals surface area contributed by atoms with Gasteiger partial charge in [-0.05, 0) is 112 Å². The molecule has 0 aliphatic heterocycles. The number of nitrogens with zero attached hydrogens (tertiary/aromatic N) is 1. The molecule has 0 aromatic heterocycles. The average Bonchev–Trinajstić information content (AvgIpc) is 2.55. The van der Waals surface area contributed by atoms with Crippen molar-refractivity contribution in [1.82, 2.24) is 0 Å². The summed E-state index contributed by atoms with van der Waals surface area (Å²) < 4.78 is 8.13. The van der Waals surface area contributed by atoms with E-state index in [9.17, 15) is 10.1 Å². The summed E-state index contributed by atoms with van der Waals surface area (Å²) in [6.07, 6.45) is 1.51. The maximum Gasteiger partial charge on any atom is 0.266 e. The molecule has 134 valence electrons. The summed E-state index contributed by atoms with van der Waals surface area (Å²) in [7, 11) is 1.56. The number of anilines is 1. The van der Waals surface area contributed by atoms with Crippen LogP contribution in [0.25, 0.3) is 6.08 Å². The molecule has 0 aliphatic carbocycles. The van der Waals surface area contributed by atoms with Gasteiger partial charge in [0.05, 0.1) is 21.7 Å². The molecular formula is C18H12Br4N2O2. The fourth-order valence-electron chi connectivity index (χ4n) is 2.17. The Morgan fingerprint density at radius 2 is 1.62 bits per heavy atom. The molecule has 2 aromatic carbocycles. The van der Waals surface area contributed by atoms with Crippen molar-refractivity contribution in [2.24, 2.45) is 0 Å². The molecule has 0 spiro atoms. The number of carbonyl (C=O) groups excluding carboxylic acids is 1. The lowest BCUT2D eigenvalue weighted by atomic mass is 10.1. The Morgan fingerprint density at radius 3 is 2.08 bits per heavy atom. The lowest BCUT2D eigenvalue weighted by Gasteiger charge is -2.11. The molecule has 2 rings (SSSR count). The predicted molar refractivity (Wildman–Crippen MR) is 117 cm³/mol. The van der Waals surface area contributed by atoms with E-state index in [0.717, 1.165) is 14.5 Å². The van der Waals surface area contributed by atoms with Crippen molar-refractivity contribution in [1.29, 1.82) is 5.26 Å². The van der Waals surface area contributed by atoms with Crippen LogP contribution in [-0.2, 0) is 4.79 Å². The monoisotopic (exact) mass is 604 g/mol. The van der Waals surface area contributed by atoms with Crippen molar-refractivity contribution in [3.8, 4) is 11.8 Å². The molecule has 0 saturated heterocycles. The van der Waals surface area contributed by atoms with Crippen molar-refractivity contribution in [3.05, 3.63) is 58.9 Å². The third-order valence-electron chi connectivity index (χ3n) is 3.33. The fourth-order valence-corrected chi connectivity index (χ4v) is 5.33. The molecule has 0 atom stereocenters. The Labute approximate surface area is 185 Å². The molecule has 1 amide bonds. The Balaban J connectivity index is 2.36. The maximum atomic E-state index is 12.5. The van der Waals surface area contributed by atoms with E-state index in [0.29, 0.717) is 25.9 Å². The van der Waals surface area contributed by atoms with E-state index in [-0.39, 0.29) is 5.57 Å². The van der Waals surface area contributed by atoms with E-state index in [1.165, 1.54) is 6.08 Å². The molecule has 8 heteroatoms. The summed E-state index contributed by atoms with van der Waals surface area (Å²) in [6, 6.07) is 9.25. The third-order valence-corrected chi connectivity index (χ3v) is 5.75. The van der Waals surface area contributed by atoms with E-state index in [4.69, 9.17) is 4.74 Å². The first-order valence-electron chi connectivity index (χ1n) is 7.18. The fraction of sp³-hybridized carbons (Fsp3) is 0.111. The molecule has 2 aromatic rings. The van der Waals surface area contributed by atoms with Crippen molar-refractivity contribution < 1.29 is 9.53 Å². The van der Waals surface area contributed by atoms with Gasteiger partial charge in [0.15, 0.2) is 0 Å². The normalized spacial score (nSPS) is 11.0. The molecule has 26 heavy (non-hydrogen) atoms. The van der Waals surface area contributed by atoms with Crippen LogP contribution in [0.4, 0.5) is 5.69 Å². The van der Waals surface area contributed by atoms with Gasteiger partial charge in [0.25, 0.3) is 5.91 Å². The topological polar surface area (TPSA) is 62.1 Å². The van der Waals surface area contributed by atoms with Gasteiger partial charge in [-0.1, -0.05) is 0 Å². The minimum absolute atomic E-state index is 0.0201. The van der Waals surface area contributed by atoms with Crippen LogP contribution >= 0.6 is 63.7 Å². The molecule has 0 radical (unpaired) electrons. The molecule has 0 unspecified atom stereocenters. The van der Waals surface area contributed by atoms with E-state index in [1.54, 1.807) is 19.2 Å². The van der Waals surface area contributed by atoms with E-state index in [1.807, 2.05) is 25.1 Å². The highest BCUT2D eigenvalue weighted by molar-refractivity contribution is 9.11. The minimum atomic E-state index is -0.499. The molecule has 0 fully saturated rings. The van der Waals surface area contributed by atoms with Crippen molar-refractivity contribution in [2.45, 2.75) is 6.92 Å². The number of ether oxygens (including phenoxy) is 1. The number of hydrogen-bond acceptors (Lipinski definition) is 3. The van der Waals surface area contributed by atoms with Crippen LogP contribution in [0, 0.1) is 18.3 Å². The molecule has 0 aliphatic rings. The standard InChI is InChI=1S/C18H12Br4N2O2/c1-9-3-12(19)16(13(20)4-9)24-18(25)11(8-23)5-10-6-14(21)17(26-2)15(22)7-10/h3-7H,1-2H3,(H,24,25)/b11-5+. The first-order chi connectivity index (χ1) is 12.3. The summed E-state index contributed by atoms with van der Waals surface area (Å²) in [4.78, 5) is 12.5. The van der Waals surface area contributed by atoms with Crippen LogP contribution in [0.15, 0.2) is 47.7 Å². The summed E-state index contributed by atoms with van der Waals surface area (Å²) in [5, 5.41) is 12.2. The molecule has 0 bridgehead atoms. The second-order valence-corrected chi connectivity index (χ2v) is 8.66. The van der Waals surface area contributed by atoms with Gasteiger partial charge in [0.1, 0.15) is 17.4 Å². The zero-order chi connectivity index (χ0) is 19.4. The van der Waals surface area contributed by atoms with Gasteiger partial charge in [0, 0.05) is 8.95 Å². The lowest BCUT2D eigenvalue weighted by Crippen LogP contribution is -2.14. The van der Waals surface area contributed by atoms with Crippen LogP contribution in [0.3, 0.4) is 0 Å². The van der Waals surface area contributed by atoms with Gasteiger partial charge < -0.3 is 10.1 Å². The van der Waals surface area contributed by atoms with Crippen LogP contribution in [0.1, 0.15) is 11.1 Å². The largest absolute Gasteiger partial charge is 0.494 e. The number of carbonyl (C=O) groups is 1. The average molecular weight is 608 g/mol. The van der Waals surface area contributed by atoms with Crippen molar-refractivity contribution in [3.63, 3.8) is 0 Å². The maximum absolute atomic E-state index is 12.5. The Kier molecular flexibility index (Phi) is 7.47. The van der Waals surface area contributed by atoms with Gasteiger partial charge in [-0.3, -0.25) is 4.79 Å². The Morgan fingerprint density at radius 1 is 1.08 bits per heavy atom. The number of amides is 1. The number of nitrogens with one attached hydrogen (secondary N) is 1. The second-order valence-electron chi connectivity index (χ2n) is 5.25. The minimum Gasteiger partial charge on any atom is -0.494 e. The molecule has 0 saturated carbocycles. The molecular weight excluding hydrogens is 596 g/mol. The molecule has 4 nitrogen and oxygen atoms in total. The van der Waals surface area contributed by atoms with Gasteiger partial charge in [-0.25, -0.2) is 0 Å². The number of aryl methyl sites for hydroxylation is 1. The van der Waals surface area contributed by atoms with Gasteiger partial charge in [-0.15, -0.1) is 0 Å². The number of nitriles is 1. The number of halogens is 4. The highest BCUT2D eigenvalue weighted by atomic mass is 79.9. The van der Waals surface area contributed by atoms with E-state index >= 15 is 0 Å². The number of hydrogen-bond donors (Lipinski definition) is 1. The van der Waals surface area contributed by atoms with Crippen LogP contribution < -0.4 is 10.1 Å². The zero-order valence-corrected chi connectivity index (χ0v) is 20.0. The van der Waals surface area contributed by atoms with Crippen LogP contribution in [-0.4, -0.2) is 13.0 Å². The number of benzene rings is 2. The summed E-state index contributed by atoms with van der Waals surface area (Å²) in [5.41, 5.74) is 2.26. The quantitative estimate of drug-likeness (QED) is 0.315. The van der Waals surface area contributed by atoms with Gasteiger partial charge in [-0.2, -0.15) is 5.26 Å². The first kappa shape index (κ1) is 21.2. The predicted octanol–water partition coefficient (Wildman–Crippen LogP) is 6.60. The van der Waals surface area contributed by atoms with Gasteiger partial charge >= 0.3 is 0 Å². The highest BCUT2D eigenvalue weighted by Crippen LogP contribution is 2.35. The van der Waals surface area contributed by atoms with Crippen LogP contribution in [0.2, 0.25) is 0 Å². The van der Waals surface area contributed by atoms with Crippen molar-refractivity contribution in [2.75, 3.05) is 12.4 Å². The summed E-state index contributed by atoms with van der Waals surface area (Å²) in [6.45, 7) is 1.95. The zero-order valence-electron chi connectivity index (χ0n) is 13.7. The summed E-state index contributed by atoms with van der Waals surface area (Å²) >= 11 is 13.7. The van der Waals surface area contributed by atoms with E-state index in [2.05, 4.69) is 69.0 Å². The van der Waals surface area contributed by atoms with Gasteiger partial charge in [0.2, 0.25) is 0 Å². The molecule has 1 N–H and O–H groups in total. The van der Waals surface area contributed by atoms with Crippen molar-refractivity contribution >= 4 is 81.4 Å². The Hall–Kier alpha value is -1.14. The highest BCUT2D eigenvalue weighted by Gasteiger charge is 2.15. The summed E-state index contributed by atoms with van der Waals surface area (Å²) in [5.74, 6) is 0.137. The SMILES string of the molecule is COc1c(Br)cc(/C=C(\C#N)C(=O)Nc2c(Br)cc(C)cc2Br)cc1Br. The first-order valence-corrected chi connectivity index (χ1v) is 10.4. The Bertz CT molecular complexity index is 903. The van der Waals surface area contributed by atoms with E-state index < -0.39 is 5.91 Å². The number of methoxy groups -OCH3 is 1.